The molecule has 1 unspecified atom stereocenters. The zero-order chi connectivity index (χ0) is 27.2. The third-order valence-electron chi connectivity index (χ3n) is 6.59. The highest BCUT2D eigenvalue weighted by atomic mass is 19.4. The number of carbonyl (C=O) groups is 2. The SMILES string of the molecule is CC1(C)CNC(C(=O)C(F)(F)F)c2cc(NC(=O)N3CCN(c4ncccc4C(F)(F)F)CC3)ccc21. The summed E-state index contributed by atoms with van der Waals surface area (Å²) in [7, 11) is 0. The molecule has 13 heteroatoms. The van der Waals surface area contributed by atoms with Crippen LogP contribution in [-0.2, 0) is 16.4 Å². The number of halogens is 6. The van der Waals surface area contributed by atoms with Crippen molar-refractivity contribution in [2.75, 3.05) is 42.9 Å². The molecule has 0 aliphatic carbocycles. The lowest BCUT2D eigenvalue weighted by atomic mass is 9.76. The molecule has 0 saturated carbocycles. The number of rotatable bonds is 3. The summed E-state index contributed by atoms with van der Waals surface area (Å²) in [5.74, 6) is -2.13. The Labute approximate surface area is 208 Å². The summed E-state index contributed by atoms with van der Waals surface area (Å²) < 4.78 is 79.5. The molecule has 2 aliphatic heterocycles. The molecule has 4 rings (SSSR count). The van der Waals surface area contributed by atoms with Crippen LogP contribution >= 0.6 is 0 Å². The monoisotopic (exact) mass is 529 g/mol. The second-order valence-electron chi connectivity index (χ2n) is 9.64. The number of nitrogens with one attached hydrogen (secondary N) is 2. The van der Waals surface area contributed by atoms with E-state index in [2.05, 4.69) is 15.6 Å². The summed E-state index contributed by atoms with van der Waals surface area (Å²) in [6, 6.07) is 4.51. The van der Waals surface area contributed by atoms with E-state index in [1.807, 2.05) is 13.8 Å². The van der Waals surface area contributed by atoms with Gasteiger partial charge in [0.2, 0.25) is 0 Å². The topological polar surface area (TPSA) is 77.6 Å². The van der Waals surface area contributed by atoms with Crippen LogP contribution in [0.2, 0.25) is 0 Å². The van der Waals surface area contributed by atoms with Gasteiger partial charge in [-0.25, -0.2) is 9.78 Å². The van der Waals surface area contributed by atoms with Crippen molar-refractivity contribution in [1.29, 1.82) is 0 Å². The van der Waals surface area contributed by atoms with Crippen LogP contribution in [0.1, 0.15) is 36.6 Å². The van der Waals surface area contributed by atoms with Gasteiger partial charge in [0.25, 0.3) is 5.78 Å². The van der Waals surface area contributed by atoms with Gasteiger partial charge < -0.3 is 20.4 Å². The van der Waals surface area contributed by atoms with E-state index < -0.39 is 41.2 Å². The first-order valence-corrected chi connectivity index (χ1v) is 11.5. The Bertz CT molecular complexity index is 1190. The molecule has 0 radical (unpaired) electrons. The summed E-state index contributed by atoms with van der Waals surface area (Å²) >= 11 is 0. The number of fused-ring (bicyclic) bond motifs is 1. The van der Waals surface area contributed by atoms with E-state index in [1.54, 1.807) is 12.1 Å². The van der Waals surface area contributed by atoms with E-state index in [1.165, 1.54) is 28.1 Å². The first kappa shape index (κ1) is 26.7. The van der Waals surface area contributed by atoms with Crippen LogP contribution in [0.5, 0.6) is 0 Å². The molecule has 1 atom stereocenters. The molecular formula is C24H25F6N5O2. The Balaban J connectivity index is 1.48. The predicted molar refractivity (Wildman–Crippen MR) is 123 cm³/mol. The van der Waals surface area contributed by atoms with Crippen LogP contribution < -0.4 is 15.5 Å². The summed E-state index contributed by atoms with van der Waals surface area (Å²) in [6.07, 6.45) is -8.33. The third kappa shape index (κ3) is 5.50. The molecule has 2 amide bonds. The number of hydrogen-bond donors (Lipinski definition) is 2. The van der Waals surface area contributed by atoms with Crippen LogP contribution in [-0.4, -0.2) is 60.6 Å². The highest BCUT2D eigenvalue weighted by molar-refractivity contribution is 5.93. The molecule has 3 heterocycles. The quantitative estimate of drug-likeness (QED) is 0.573. The minimum atomic E-state index is -5.03. The van der Waals surface area contributed by atoms with E-state index in [4.69, 9.17) is 0 Å². The van der Waals surface area contributed by atoms with Gasteiger partial charge in [0.05, 0.1) is 5.56 Å². The van der Waals surface area contributed by atoms with Crippen molar-refractivity contribution in [3.8, 4) is 0 Å². The van der Waals surface area contributed by atoms with Crippen molar-refractivity contribution < 1.29 is 35.9 Å². The molecule has 2 N–H and O–H groups in total. The molecule has 2 aromatic rings. The summed E-state index contributed by atoms with van der Waals surface area (Å²) in [5.41, 5.74) is -0.499. The van der Waals surface area contributed by atoms with Gasteiger partial charge in [0.1, 0.15) is 11.9 Å². The number of nitrogens with zero attached hydrogens (tertiary/aromatic N) is 3. The predicted octanol–water partition coefficient (Wildman–Crippen LogP) is 4.51. The van der Waals surface area contributed by atoms with E-state index >= 15 is 0 Å². The lowest BCUT2D eigenvalue weighted by Crippen LogP contribution is -2.50. The number of anilines is 2. The number of piperazine rings is 1. The van der Waals surface area contributed by atoms with Crippen LogP contribution in [0.3, 0.4) is 0 Å². The van der Waals surface area contributed by atoms with Gasteiger partial charge in [-0.1, -0.05) is 19.9 Å². The largest absolute Gasteiger partial charge is 0.452 e. The van der Waals surface area contributed by atoms with E-state index in [0.29, 0.717) is 5.56 Å². The lowest BCUT2D eigenvalue weighted by Gasteiger charge is -2.38. The Hall–Kier alpha value is -3.35. The molecule has 37 heavy (non-hydrogen) atoms. The number of ketones is 1. The highest BCUT2D eigenvalue weighted by Gasteiger charge is 2.47. The van der Waals surface area contributed by atoms with E-state index in [-0.39, 0.29) is 49.8 Å². The van der Waals surface area contributed by atoms with Crippen molar-refractivity contribution in [1.82, 2.24) is 15.2 Å². The number of hydrogen-bond acceptors (Lipinski definition) is 5. The van der Waals surface area contributed by atoms with Gasteiger partial charge in [-0.3, -0.25) is 4.79 Å². The molecule has 0 bridgehead atoms. The number of aromatic nitrogens is 1. The van der Waals surface area contributed by atoms with Gasteiger partial charge in [-0.2, -0.15) is 26.3 Å². The Kier molecular flexibility index (Phi) is 6.86. The Morgan fingerprint density at radius 3 is 2.35 bits per heavy atom. The number of alkyl halides is 6. The smallest absolute Gasteiger partial charge is 0.353 e. The van der Waals surface area contributed by atoms with Gasteiger partial charge in [-0.05, 0) is 35.4 Å². The van der Waals surface area contributed by atoms with Crippen LogP contribution in [0.15, 0.2) is 36.5 Å². The van der Waals surface area contributed by atoms with Crippen molar-refractivity contribution in [2.45, 2.75) is 37.7 Å². The fourth-order valence-electron chi connectivity index (χ4n) is 4.65. The number of amides is 2. The number of Topliss-reactive ketones (excluding diaryl/α,β-unsaturated/α-hetero) is 1. The molecular weight excluding hydrogens is 504 g/mol. The Morgan fingerprint density at radius 2 is 1.73 bits per heavy atom. The van der Waals surface area contributed by atoms with Crippen molar-refractivity contribution >= 4 is 23.3 Å². The molecule has 2 aliphatic rings. The van der Waals surface area contributed by atoms with Crippen molar-refractivity contribution in [3.05, 3.63) is 53.2 Å². The molecule has 7 nitrogen and oxygen atoms in total. The van der Waals surface area contributed by atoms with Gasteiger partial charge in [-0.15, -0.1) is 0 Å². The maximum Gasteiger partial charge on any atom is 0.452 e. The average Bonchev–Trinajstić information content (AvgIpc) is 2.82. The van der Waals surface area contributed by atoms with Crippen molar-refractivity contribution in [3.63, 3.8) is 0 Å². The lowest BCUT2D eigenvalue weighted by molar-refractivity contribution is -0.173. The number of urea groups is 1. The molecule has 1 saturated heterocycles. The maximum atomic E-state index is 13.3. The first-order valence-electron chi connectivity index (χ1n) is 11.5. The minimum Gasteiger partial charge on any atom is -0.353 e. The second-order valence-corrected chi connectivity index (χ2v) is 9.64. The highest BCUT2D eigenvalue weighted by Crippen LogP contribution is 2.39. The molecule has 1 aromatic carbocycles. The maximum absolute atomic E-state index is 13.3. The summed E-state index contributed by atoms with van der Waals surface area (Å²) in [6.45, 7) is 4.25. The van der Waals surface area contributed by atoms with Gasteiger partial charge >= 0.3 is 18.4 Å². The number of pyridine rings is 1. The first-order chi connectivity index (χ1) is 17.2. The van der Waals surface area contributed by atoms with Crippen LogP contribution in [0.25, 0.3) is 0 Å². The average molecular weight is 529 g/mol. The molecule has 0 spiro atoms. The van der Waals surface area contributed by atoms with Crippen LogP contribution in [0, 0.1) is 0 Å². The third-order valence-corrected chi connectivity index (χ3v) is 6.59. The fraction of sp³-hybridized carbons (Fsp3) is 0.458. The molecule has 1 fully saturated rings. The number of carbonyl (C=O) groups excluding carboxylic acids is 2. The molecule has 200 valence electrons. The fourth-order valence-corrected chi connectivity index (χ4v) is 4.65. The molecule has 1 aromatic heterocycles. The normalized spacial score (nSPS) is 19.8. The van der Waals surface area contributed by atoms with Crippen LogP contribution in [0.4, 0.5) is 42.6 Å². The van der Waals surface area contributed by atoms with E-state index in [0.717, 1.165) is 6.07 Å². The zero-order valence-electron chi connectivity index (χ0n) is 20.0. The summed E-state index contributed by atoms with van der Waals surface area (Å²) in [5, 5.41) is 5.30. The number of benzene rings is 1. The second kappa shape index (κ2) is 9.51. The van der Waals surface area contributed by atoms with Gasteiger partial charge in [0.15, 0.2) is 0 Å². The minimum absolute atomic E-state index is 0.106. The standard InChI is InChI=1S/C24H25F6N5O2/c1-22(2)13-32-18(19(36)24(28,29)30)15-12-14(5-6-16(15)22)33-21(37)35-10-8-34(9-11-35)20-17(23(25,26)27)4-3-7-31-20/h3-7,12,18,32H,8-11,13H2,1-2H3,(H,33,37). The van der Waals surface area contributed by atoms with Gasteiger partial charge in [0, 0.05) is 50.0 Å². The van der Waals surface area contributed by atoms with Crippen molar-refractivity contribution in [2.24, 2.45) is 0 Å². The zero-order valence-corrected chi connectivity index (χ0v) is 20.0. The Morgan fingerprint density at radius 1 is 1.05 bits per heavy atom. The summed E-state index contributed by atoms with van der Waals surface area (Å²) in [4.78, 5) is 31.6. The van der Waals surface area contributed by atoms with E-state index in [9.17, 15) is 35.9 Å².